The number of phenols is 1. The lowest BCUT2D eigenvalue weighted by Crippen LogP contribution is -2.54. The van der Waals surface area contributed by atoms with E-state index in [1.807, 2.05) is 13.8 Å². The largest absolute Gasteiger partial charge is 0.508 e. The fraction of sp³-hybridized carbons (Fsp3) is 0.615. The van der Waals surface area contributed by atoms with Gasteiger partial charge in [-0.1, -0.05) is 19.4 Å². The third-order valence-corrected chi connectivity index (χ3v) is 5.50. The van der Waals surface area contributed by atoms with Crippen LogP contribution in [0.3, 0.4) is 0 Å². The van der Waals surface area contributed by atoms with Crippen LogP contribution in [0.5, 0.6) is 5.75 Å². The summed E-state index contributed by atoms with van der Waals surface area (Å²) in [7, 11) is 0. The maximum Gasteiger partial charge on any atom is 0.408 e. The van der Waals surface area contributed by atoms with Gasteiger partial charge in [0.15, 0.2) is 0 Å². The van der Waals surface area contributed by atoms with E-state index >= 15 is 0 Å². The van der Waals surface area contributed by atoms with Crippen molar-refractivity contribution in [3.05, 3.63) is 29.3 Å². The van der Waals surface area contributed by atoms with Crippen molar-refractivity contribution in [2.75, 3.05) is 13.2 Å². The van der Waals surface area contributed by atoms with E-state index in [-0.39, 0.29) is 31.2 Å². The molecular weight excluding hydrogens is 480 g/mol. The van der Waals surface area contributed by atoms with Crippen molar-refractivity contribution in [1.82, 2.24) is 15.5 Å². The average Bonchev–Trinajstić information content (AvgIpc) is 2.76. The molecule has 0 aliphatic rings. The van der Waals surface area contributed by atoms with Gasteiger partial charge in [0.05, 0.1) is 6.61 Å². The normalized spacial score (nSPS) is 13.7. The van der Waals surface area contributed by atoms with Crippen molar-refractivity contribution in [2.24, 2.45) is 5.73 Å². The molecule has 3 unspecified atom stereocenters. The summed E-state index contributed by atoms with van der Waals surface area (Å²) >= 11 is 0. The number of aliphatic hydroxyl groups excluding tert-OH is 1. The summed E-state index contributed by atoms with van der Waals surface area (Å²) in [6.07, 6.45) is 0.324. The molecule has 0 saturated heterocycles. The Morgan fingerprint density at radius 2 is 1.78 bits per heavy atom. The number of alkyl carbamates (subject to hydrolysis) is 1. The molecule has 0 spiro atoms. The number of rotatable bonds is 13. The lowest BCUT2D eigenvalue weighted by Gasteiger charge is -2.34. The van der Waals surface area contributed by atoms with Gasteiger partial charge in [-0.15, -0.1) is 0 Å². The van der Waals surface area contributed by atoms with Gasteiger partial charge in [-0.25, -0.2) is 4.79 Å². The van der Waals surface area contributed by atoms with Crippen molar-refractivity contribution in [3.63, 3.8) is 0 Å². The Hall–Kier alpha value is -3.34. The third kappa shape index (κ3) is 10.7. The third-order valence-electron chi connectivity index (χ3n) is 5.50. The molecule has 1 aromatic rings. The first-order valence-electron chi connectivity index (χ1n) is 12.5. The van der Waals surface area contributed by atoms with Gasteiger partial charge >= 0.3 is 6.09 Å². The minimum Gasteiger partial charge on any atom is -0.508 e. The molecule has 0 aromatic heterocycles. The summed E-state index contributed by atoms with van der Waals surface area (Å²) in [6.45, 7) is 9.77. The highest BCUT2D eigenvalue weighted by Gasteiger charge is 2.36. The Morgan fingerprint density at radius 3 is 2.30 bits per heavy atom. The predicted octanol–water partition coefficient (Wildman–Crippen LogP) is 2.03. The van der Waals surface area contributed by atoms with E-state index in [4.69, 9.17) is 10.5 Å². The molecule has 1 aromatic carbocycles. The van der Waals surface area contributed by atoms with Crippen LogP contribution in [-0.4, -0.2) is 69.8 Å². The molecule has 208 valence electrons. The molecule has 1 rings (SSSR count). The zero-order chi connectivity index (χ0) is 28.3. The molecule has 11 heteroatoms. The lowest BCUT2D eigenvalue weighted by atomic mass is 9.99. The van der Waals surface area contributed by atoms with E-state index in [1.54, 1.807) is 33.8 Å². The van der Waals surface area contributed by atoms with Gasteiger partial charge in [0.1, 0.15) is 23.4 Å². The van der Waals surface area contributed by atoms with Crippen molar-refractivity contribution in [3.8, 4) is 5.75 Å². The van der Waals surface area contributed by atoms with Crippen LogP contribution in [0, 0.1) is 6.92 Å². The van der Waals surface area contributed by atoms with Gasteiger partial charge in [0.2, 0.25) is 17.7 Å². The monoisotopic (exact) mass is 522 g/mol. The minimum absolute atomic E-state index is 0.0215. The lowest BCUT2D eigenvalue weighted by molar-refractivity contribution is -0.143. The van der Waals surface area contributed by atoms with Crippen LogP contribution < -0.4 is 16.4 Å². The van der Waals surface area contributed by atoms with Crippen LogP contribution in [0.4, 0.5) is 4.79 Å². The van der Waals surface area contributed by atoms with Gasteiger partial charge in [0, 0.05) is 19.0 Å². The molecule has 0 saturated carbocycles. The van der Waals surface area contributed by atoms with Crippen molar-refractivity contribution in [1.29, 1.82) is 0 Å². The molecule has 3 atom stereocenters. The van der Waals surface area contributed by atoms with E-state index in [1.165, 1.54) is 12.1 Å². The number of aryl methyl sites for hydroxylation is 1. The topological polar surface area (TPSA) is 171 Å². The summed E-state index contributed by atoms with van der Waals surface area (Å²) in [5, 5.41) is 25.2. The number of nitrogens with one attached hydrogen (secondary N) is 2. The van der Waals surface area contributed by atoms with Crippen molar-refractivity contribution in [2.45, 2.75) is 91.0 Å². The van der Waals surface area contributed by atoms with Crippen molar-refractivity contribution >= 4 is 23.8 Å². The number of nitrogens with zero attached hydrogens (tertiary/aromatic N) is 1. The highest BCUT2D eigenvalue weighted by atomic mass is 16.6. The SMILES string of the molecule is CCCC(C)NC(=O)C(c1ccc(O)c(C)c1)N(CCO)C(=O)C(CCC(N)=O)NC(=O)OC(C)(C)C. The number of hydrogen-bond donors (Lipinski definition) is 5. The number of amides is 4. The summed E-state index contributed by atoms with van der Waals surface area (Å²) in [5.74, 6) is -1.84. The van der Waals surface area contributed by atoms with Gasteiger partial charge < -0.3 is 36.2 Å². The number of carbonyl (C=O) groups is 4. The number of aliphatic hydroxyl groups is 1. The van der Waals surface area contributed by atoms with Crippen molar-refractivity contribution < 1.29 is 34.1 Å². The quantitative estimate of drug-likeness (QED) is 0.264. The second-order valence-electron chi connectivity index (χ2n) is 10.1. The number of phenolic OH excluding ortho intramolecular Hbond substituents is 1. The predicted molar refractivity (Wildman–Crippen MR) is 138 cm³/mol. The van der Waals surface area contributed by atoms with E-state index in [0.717, 1.165) is 11.3 Å². The molecule has 0 aliphatic carbocycles. The number of benzene rings is 1. The van der Waals surface area contributed by atoms with Gasteiger partial charge in [-0.2, -0.15) is 0 Å². The molecule has 0 fully saturated rings. The first kappa shape index (κ1) is 31.7. The summed E-state index contributed by atoms with van der Waals surface area (Å²) < 4.78 is 5.27. The molecule has 4 amide bonds. The number of carbonyl (C=O) groups excluding carboxylic acids is 4. The van der Waals surface area contributed by atoms with Crippen LogP contribution in [0.1, 0.15) is 77.5 Å². The molecule has 0 aliphatic heterocycles. The molecule has 37 heavy (non-hydrogen) atoms. The van der Waals surface area contributed by atoms with E-state index in [0.29, 0.717) is 17.5 Å². The zero-order valence-corrected chi connectivity index (χ0v) is 22.7. The fourth-order valence-corrected chi connectivity index (χ4v) is 3.82. The summed E-state index contributed by atoms with van der Waals surface area (Å²) in [5.41, 5.74) is 5.34. The fourth-order valence-electron chi connectivity index (χ4n) is 3.82. The number of nitrogens with two attached hydrogens (primary N) is 1. The zero-order valence-electron chi connectivity index (χ0n) is 22.7. The maximum atomic E-state index is 13.8. The second-order valence-corrected chi connectivity index (χ2v) is 10.1. The highest BCUT2D eigenvalue weighted by Crippen LogP contribution is 2.27. The molecule has 11 nitrogen and oxygen atoms in total. The first-order valence-corrected chi connectivity index (χ1v) is 12.5. The van der Waals surface area contributed by atoms with Crippen LogP contribution in [0.25, 0.3) is 0 Å². The summed E-state index contributed by atoms with van der Waals surface area (Å²) in [6, 6.07) is 1.90. The van der Waals surface area contributed by atoms with E-state index < -0.39 is 48.1 Å². The average molecular weight is 523 g/mol. The molecule has 0 radical (unpaired) electrons. The van der Waals surface area contributed by atoms with Gasteiger partial charge in [0.25, 0.3) is 0 Å². The number of hydrogen-bond acceptors (Lipinski definition) is 7. The Kier molecular flexibility index (Phi) is 12.3. The summed E-state index contributed by atoms with van der Waals surface area (Å²) in [4.78, 5) is 52.4. The molecule has 0 heterocycles. The van der Waals surface area contributed by atoms with Crippen LogP contribution >= 0.6 is 0 Å². The minimum atomic E-state index is -1.25. The van der Waals surface area contributed by atoms with Crippen LogP contribution in [-0.2, 0) is 19.1 Å². The highest BCUT2D eigenvalue weighted by molar-refractivity contribution is 5.92. The number of primary amides is 1. The van der Waals surface area contributed by atoms with E-state index in [2.05, 4.69) is 10.6 Å². The number of ether oxygens (including phenoxy) is 1. The van der Waals surface area contributed by atoms with Crippen LogP contribution in [0.15, 0.2) is 18.2 Å². The Balaban J connectivity index is 3.49. The van der Waals surface area contributed by atoms with Crippen LogP contribution in [0.2, 0.25) is 0 Å². The Labute approximate surface area is 218 Å². The number of aromatic hydroxyl groups is 1. The first-order chi connectivity index (χ1) is 17.2. The molecule has 0 bridgehead atoms. The molecule has 6 N–H and O–H groups in total. The Bertz CT molecular complexity index is 945. The van der Waals surface area contributed by atoms with Gasteiger partial charge in [-0.05, 0) is 70.7 Å². The van der Waals surface area contributed by atoms with Gasteiger partial charge in [-0.3, -0.25) is 14.4 Å². The standard InChI is InChI=1S/C26H42N4O7/c1-7-8-17(3)28-23(34)22(18-9-11-20(32)16(2)15-18)30(13-14-31)24(35)19(10-12-21(27)33)29-25(36)37-26(4,5)6/h9,11,15,17,19,22,31-32H,7-8,10,12-14H2,1-6H3,(H2,27,33)(H,28,34)(H,29,36). The smallest absolute Gasteiger partial charge is 0.408 e. The molecular formula is C26H42N4O7. The maximum absolute atomic E-state index is 13.8. The second kappa shape index (κ2) is 14.4. The van der Waals surface area contributed by atoms with E-state index in [9.17, 15) is 29.4 Å². The Morgan fingerprint density at radius 1 is 1.14 bits per heavy atom.